The van der Waals surface area contributed by atoms with Gasteiger partial charge in [-0.1, -0.05) is 62.4 Å². The zero-order valence-electron chi connectivity index (χ0n) is 26.7. The fourth-order valence-electron chi connectivity index (χ4n) is 5.64. The van der Waals surface area contributed by atoms with Crippen LogP contribution in [0.2, 0.25) is 0 Å². The minimum atomic E-state index is -1.30. The maximum Gasteiger partial charge on any atom is 0.326 e. The van der Waals surface area contributed by atoms with Crippen LogP contribution < -0.4 is 21.7 Å². The summed E-state index contributed by atoms with van der Waals surface area (Å²) in [7, 11) is 0. The third-order valence-corrected chi connectivity index (χ3v) is 8.48. The predicted molar refractivity (Wildman–Crippen MR) is 182 cm³/mol. The van der Waals surface area contributed by atoms with Crippen LogP contribution >= 0.6 is 0 Å². The van der Waals surface area contributed by atoms with Crippen LogP contribution in [0.4, 0.5) is 0 Å². The summed E-state index contributed by atoms with van der Waals surface area (Å²) in [5.41, 5.74) is 9.90. The first-order valence-electron chi connectivity index (χ1n) is 15.8. The van der Waals surface area contributed by atoms with Gasteiger partial charge in [0.15, 0.2) is 0 Å². The van der Waals surface area contributed by atoms with Crippen molar-refractivity contribution in [1.29, 1.82) is 0 Å². The second-order valence-corrected chi connectivity index (χ2v) is 12.3. The number of carbonyl (C=O) groups is 4. The average molecular weight is 653 g/mol. The zero-order chi connectivity index (χ0) is 34.4. The number of aromatic nitrogens is 2. The molecule has 250 valence electrons. The Morgan fingerprint density at radius 1 is 0.667 bits per heavy atom. The molecule has 4 atom stereocenters. The summed E-state index contributed by atoms with van der Waals surface area (Å²) < 4.78 is 0. The normalized spacial score (nSPS) is 13.9. The number of H-pyrrole nitrogens is 2. The Morgan fingerprint density at radius 2 is 1.12 bits per heavy atom. The molecule has 9 N–H and O–H groups in total. The SMILES string of the molecule is CC(C)C(N)C(=O)NC(Cc1c[nH]c2ccccc12)C(=O)NC(Cc1ccc(O)cc1)C(=O)NC(Cc1c[nH]c2ccccc12)C(=O)O. The van der Waals surface area contributed by atoms with Crippen molar-refractivity contribution in [3.63, 3.8) is 0 Å². The van der Waals surface area contributed by atoms with Gasteiger partial charge in [-0.25, -0.2) is 4.79 Å². The summed E-state index contributed by atoms with van der Waals surface area (Å²) in [5, 5.41) is 29.7. The number of carbonyl (C=O) groups excluding carboxylic acids is 3. The van der Waals surface area contributed by atoms with Gasteiger partial charge in [0.1, 0.15) is 23.9 Å². The summed E-state index contributed by atoms with van der Waals surface area (Å²) in [6.07, 6.45) is 3.55. The number of phenols is 1. The Bertz CT molecular complexity index is 1910. The maximum absolute atomic E-state index is 14.0. The first-order chi connectivity index (χ1) is 23.0. The van der Waals surface area contributed by atoms with Gasteiger partial charge in [-0.2, -0.15) is 0 Å². The first-order valence-corrected chi connectivity index (χ1v) is 15.8. The van der Waals surface area contributed by atoms with E-state index < -0.39 is 47.9 Å². The first kappa shape index (κ1) is 33.7. The molecule has 3 amide bonds. The van der Waals surface area contributed by atoms with Crippen LogP contribution in [0, 0.1) is 5.92 Å². The van der Waals surface area contributed by atoms with E-state index in [1.54, 1.807) is 38.4 Å². The molecule has 0 saturated carbocycles. The molecule has 4 unspecified atom stereocenters. The molecule has 0 radical (unpaired) electrons. The molecule has 5 rings (SSSR count). The van der Waals surface area contributed by atoms with Crippen molar-refractivity contribution >= 4 is 45.5 Å². The average Bonchev–Trinajstić information content (AvgIpc) is 3.68. The molecule has 0 fully saturated rings. The van der Waals surface area contributed by atoms with E-state index in [1.165, 1.54) is 12.1 Å². The summed E-state index contributed by atoms with van der Waals surface area (Å²) in [6, 6.07) is 16.6. The third-order valence-electron chi connectivity index (χ3n) is 8.48. The minimum absolute atomic E-state index is 0.00268. The lowest BCUT2D eigenvalue weighted by Crippen LogP contribution is -2.58. The topological polar surface area (TPSA) is 202 Å². The number of hydrogen-bond donors (Lipinski definition) is 8. The van der Waals surface area contributed by atoms with E-state index in [0.717, 1.165) is 27.4 Å². The third kappa shape index (κ3) is 8.02. The fourth-order valence-corrected chi connectivity index (χ4v) is 5.64. The van der Waals surface area contributed by atoms with Gasteiger partial charge in [0.25, 0.3) is 0 Å². The van der Waals surface area contributed by atoms with Crippen molar-refractivity contribution in [3.05, 3.63) is 102 Å². The van der Waals surface area contributed by atoms with Crippen molar-refractivity contribution in [1.82, 2.24) is 25.9 Å². The van der Waals surface area contributed by atoms with Gasteiger partial charge < -0.3 is 41.9 Å². The number of aromatic amines is 2. The number of hydrogen-bond acceptors (Lipinski definition) is 6. The molecule has 0 aliphatic carbocycles. The molecule has 0 aliphatic heterocycles. The Kier molecular flexibility index (Phi) is 10.4. The van der Waals surface area contributed by atoms with Crippen molar-refractivity contribution in [3.8, 4) is 5.75 Å². The van der Waals surface area contributed by atoms with E-state index in [9.17, 15) is 29.4 Å². The molecular weight excluding hydrogens is 612 g/mol. The number of benzene rings is 3. The molecule has 5 aromatic rings. The second-order valence-electron chi connectivity index (χ2n) is 12.3. The predicted octanol–water partition coefficient (Wildman–Crippen LogP) is 2.91. The number of phenolic OH excluding ortho intramolecular Hbond substituents is 1. The summed E-state index contributed by atoms with van der Waals surface area (Å²) in [4.78, 5) is 59.6. The molecule has 3 aromatic carbocycles. The molecule has 2 aromatic heterocycles. The number of fused-ring (bicyclic) bond motifs is 2. The van der Waals surface area contributed by atoms with Gasteiger partial charge in [-0.3, -0.25) is 14.4 Å². The fraction of sp³-hybridized carbons (Fsp3) is 0.278. The Morgan fingerprint density at radius 3 is 1.65 bits per heavy atom. The number of amides is 3. The highest BCUT2D eigenvalue weighted by atomic mass is 16.4. The van der Waals surface area contributed by atoms with Gasteiger partial charge in [0.2, 0.25) is 17.7 Å². The van der Waals surface area contributed by atoms with E-state index in [4.69, 9.17) is 5.73 Å². The highest BCUT2D eigenvalue weighted by Gasteiger charge is 2.32. The van der Waals surface area contributed by atoms with Crippen molar-refractivity contribution in [2.45, 2.75) is 57.3 Å². The standard InChI is InChI=1S/C36H40N6O6/c1-20(2)32(37)35(46)41-30(16-22-18-38-27-9-5-3-7-25(22)27)34(45)40-29(15-21-11-13-24(43)14-12-21)33(44)42-31(36(47)48)17-23-19-39-28-10-6-4-8-26(23)28/h3-14,18-20,29-32,38-39,43H,15-17,37H2,1-2H3,(H,40,45)(H,41,46)(H,42,44)(H,47,48). The highest BCUT2D eigenvalue weighted by molar-refractivity contribution is 5.95. The number of rotatable bonds is 14. The number of aromatic hydroxyl groups is 1. The molecule has 12 nitrogen and oxygen atoms in total. The van der Waals surface area contributed by atoms with E-state index in [1.807, 2.05) is 48.5 Å². The molecule has 0 spiro atoms. The van der Waals surface area contributed by atoms with Crippen LogP contribution in [0.5, 0.6) is 5.75 Å². The van der Waals surface area contributed by atoms with Crippen molar-refractivity contribution < 1.29 is 29.4 Å². The number of aliphatic carboxylic acids is 1. The van der Waals surface area contributed by atoms with Gasteiger partial charge in [0, 0.05) is 53.5 Å². The number of nitrogens with two attached hydrogens (primary N) is 1. The van der Waals surface area contributed by atoms with Crippen LogP contribution in [0.25, 0.3) is 21.8 Å². The van der Waals surface area contributed by atoms with E-state index >= 15 is 0 Å². The maximum atomic E-state index is 14.0. The monoisotopic (exact) mass is 652 g/mol. The quantitative estimate of drug-likeness (QED) is 0.0901. The largest absolute Gasteiger partial charge is 0.508 e. The van der Waals surface area contributed by atoms with E-state index in [-0.39, 0.29) is 30.9 Å². The molecule has 12 heteroatoms. The van der Waals surface area contributed by atoms with Gasteiger partial charge in [0.05, 0.1) is 6.04 Å². The number of carboxylic acids is 1. The van der Waals surface area contributed by atoms with Crippen molar-refractivity contribution in [2.75, 3.05) is 0 Å². The van der Waals surface area contributed by atoms with Crippen LogP contribution in [0.1, 0.15) is 30.5 Å². The van der Waals surface area contributed by atoms with Gasteiger partial charge in [-0.05, 0) is 46.9 Å². The number of carboxylic acid groups (broad SMARTS) is 1. The van der Waals surface area contributed by atoms with Crippen LogP contribution in [-0.4, -0.2) is 68.0 Å². The Hall–Kier alpha value is -5.62. The van der Waals surface area contributed by atoms with Gasteiger partial charge in [-0.15, -0.1) is 0 Å². The summed E-state index contributed by atoms with van der Waals surface area (Å²) in [6.45, 7) is 3.60. The molecular formula is C36H40N6O6. The van der Waals surface area contributed by atoms with Crippen molar-refractivity contribution in [2.24, 2.45) is 11.7 Å². The highest BCUT2D eigenvalue weighted by Crippen LogP contribution is 2.21. The molecule has 0 saturated heterocycles. The Labute approximate surface area is 277 Å². The van der Waals surface area contributed by atoms with E-state index in [0.29, 0.717) is 11.1 Å². The summed E-state index contributed by atoms with van der Waals surface area (Å²) >= 11 is 0. The second kappa shape index (κ2) is 14.9. The lowest BCUT2D eigenvalue weighted by Gasteiger charge is -2.26. The zero-order valence-corrected chi connectivity index (χ0v) is 26.7. The molecule has 0 bridgehead atoms. The molecule has 2 heterocycles. The number of para-hydroxylation sites is 2. The Balaban J connectivity index is 1.41. The lowest BCUT2D eigenvalue weighted by molar-refractivity contribution is -0.142. The lowest BCUT2D eigenvalue weighted by atomic mass is 10.00. The molecule has 48 heavy (non-hydrogen) atoms. The van der Waals surface area contributed by atoms with Crippen LogP contribution in [0.15, 0.2) is 85.2 Å². The van der Waals surface area contributed by atoms with Crippen LogP contribution in [0.3, 0.4) is 0 Å². The van der Waals surface area contributed by atoms with E-state index in [2.05, 4.69) is 25.9 Å². The minimum Gasteiger partial charge on any atom is -0.508 e. The van der Waals surface area contributed by atoms with Crippen LogP contribution in [-0.2, 0) is 38.4 Å². The number of nitrogens with one attached hydrogen (secondary N) is 5. The molecule has 0 aliphatic rings. The van der Waals surface area contributed by atoms with Gasteiger partial charge >= 0.3 is 5.97 Å². The smallest absolute Gasteiger partial charge is 0.326 e. The summed E-state index contributed by atoms with van der Waals surface area (Å²) in [5.74, 6) is -3.30.